The molecule has 0 aliphatic rings. The molecule has 10 heteroatoms. The summed E-state index contributed by atoms with van der Waals surface area (Å²) < 4.78 is 16.4. The van der Waals surface area contributed by atoms with Gasteiger partial charge in [-0.25, -0.2) is 9.37 Å². The maximum Gasteiger partial charge on any atom is 0.270 e. The second kappa shape index (κ2) is 10.0. The van der Waals surface area contributed by atoms with Crippen molar-refractivity contribution in [3.63, 3.8) is 0 Å². The Kier molecular flexibility index (Phi) is 6.91. The van der Waals surface area contributed by atoms with Crippen molar-refractivity contribution < 1.29 is 9.18 Å². The van der Waals surface area contributed by atoms with E-state index in [1.807, 2.05) is 13.8 Å². The van der Waals surface area contributed by atoms with Crippen LogP contribution in [0.2, 0.25) is 0 Å². The van der Waals surface area contributed by atoms with E-state index in [0.29, 0.717) is 28.1 Å². The minimum atomic E-state index is -0.372. The fourth-order valence-electron chi connectivity index (χ4n) is 2.91. The molecule has 0 spiro atoms. The van der Waals surface area contributed by atoms with Crippen LogP contribution in [0.25, 0.3) is 17.1 Å². The minimum Gasteiger partial charge on any atom is -0.348 e. The Balaban J connectivity index is 1.59. The van der Waals surface area contributed by atoms with E-state index in [4.69, 9.17) is 0 Å². The van der Waals surface area contributed by atoms with Gasteiger partial charge in [-0.3, -0.25) is 14.3 Å². The maximum absolute atomic E-state index is 14.7. The number of benzene rings is 1. The summed E-state index contributed by atoms with van der Waals surface area (Å²) in [7, 11) is 0. The highest BCUT2D eigenvalue weighted by Crippen LogP contribution is 2.31. The number of aromatic nitrogens is 5. The molecule has 32 heavy (non-hydrogen) atoms. The van der Waals surface area contributed by atoms with Crippen molar-refractivity contribution in [2.45, 2.75) is 37.2 Å². The molecule has 0 fully saturated rings. The van der Waals surface area contributed by atoms with E-state index in [1.165, 1.54) is 29.2 Å². The number of halogens is 1. The molecule has 1 aromatic carbocycles. The van der Waals surface area contributed by atoms with Crippen molar-refractivity contribution in [1.82, 2.24) is 30.0 Å². The van der Waals surface area contributed by atoms with Crippen LogP contribution in [-0.2, 0) is 5.75 Å². The molecule has 1 N–H and O–H groups in total. The number of thioether (sulfide) groups is 1. The zero-order valence-electron chi connectivity index (χ0n) is 17.5. The van der Waals surface area contributed by atoms with E-state index in [-0.39, 0.29) is 17.8 Å². The standard InChI is InChI=1S/C22H21FN6OS2/c1-3-14(2)25-21(30)17-12-31-19(26-17)13-32-22-28-27-20(15-8-10-24-11-9-15)29(22)18-7-5-4-6-16(18)23/h4-12,14H,3,13H2,1-2H3,(H,25,30). The fraction of sp³-hybridized carbons (Fsp3) is 0.227. The average molecular weight is 469 g/mol. The lowest BCUT2D eigenvalue weighted by molar-refractivity contribution is 0.0935. The summed E-state index contributed by atoms with van der Waals surface area (Å²) in [6.45, 7) is 3.97. The highest BCUT2D eigenvalue weighted by atomic mass is 32.2. The van der Waals surface area contributed by atoms with Gasteiger partial charge in [0.2, 0.25) is 0 Å². The van der Waals surface area contributed by atoms with Crippen molar-refractivity contribution in [2.24, 2.45) is 0 Å². The van der Waals surface area contributed by atoms with Crippen molar-refractivity contribution in [3.05, 3.63) is 70.7 Å². The van der Waals surface area contributed by atoms with E-state index >= 15 is 0 Å². The molecule has 4 aromatic rings. The fourth-order valence-corrected chi connectivity index (χ4v) is 4.65. The third kappa shape index (κ3) is 4.86. The Morgan fingerprint density at radius 1 is 1.22 bits per heavy atom. The normalized spacial score (nSPS) is 12.0. The number of para-hydroxylation sites is 1. The van der Waals surface area contributed by atoms with Crippen LogP contribution in [-0.4, -0.2) is 36.7 Å². The maximum atomic E-state index is 14.7. The van der Waals surface area contributed by atoms with Gasteiger partial charge in [0.05, 0.1) is 11.4 Å². The lowest BCUT2D eigenvalue weighted by atomic mass is 10.2. The Morgan fingerprint density at radius 2 is 2.00 bits per heavy atom. The minimum absolute atomic E-state index is 0.0907. The van der Waals surface area contributed by atoms with E-state index in [9.17, 15) is 9.18 Å². The molecule has 164 valence electrons. The summed E-state index contributed by atoms with van der Waals surface area (Å²) >= 11 is 2.79. The molecule has 0 bridgehead atoms. The summed E-state index contributed by atoms with van der Waals surface area (Å²) in [5.74, 6) is 0.446. The molecule has 0 saturated heterocycles. The van der Waals surface area contributed by atoms with Crippen LogP contribution in [0.5, 0.6) is 0 Å². The lowest BCUT2D eigenvalue weighted by Gasteiger charge is -2.11. The predicted octanol–water partition coefficient (Wildman–Crippen LogP) is 4.75. The monoisotopic (exact) mass is 468 g/mol. The van der Waals surface area contributed by atoms with Gasteiger partial charge in [0.25, 0.3) is 5.91 Å². The van der Waals surface area contributed by atoms with E-state index < -0.39 is 0 Å². The van der Waals surface area contributed by atoms with Gasteiger partial charge in [-0.05, 0) is 37.6 Å². The Bertz CT molecular complexity index is 1210. The van der Waals surface area contributed by atoms with Gasteiger partial charge in [-0.2, -0.15) is 0 Å². The number of pyridine rings is 1. The summed E-state index contributed by atoms with van der Waals surface area (Å²) in [6, 6.07) is 10.2. The molecule has 4 rings (SSSR count). The molecule has 1 atom stereocenters. The van der Waals surface area contributed by atoms with Gasteiger partial charge in [-0.1, -0.05) is 30.8 Å². The topological polar surface area (TPSA) is 85.6 Å². The number of carbonyl (C=O) groups is 1. The summed E-state index contributed by atoms with van der Waals surface area (Å²) in [6.07, 6.45) is 4.16. The number of rotatable bonds is 8. The zero-order valence-corrected chi connectivity index (χ0v) is 19.2. The number of carbonyl (C=O) groups excluding carboxylic acids is 1. The Morgan fingerprint density at radius 3 is 2.75 bits per heavy atom. The highest BCUT2D eigenvalue weighted by Gasteiger charge is 2.19. The highest BCUT2D eigenvalue weighted by molar-refractivity contribution is 7.98. The lowest BCUT2D eigenvalue weighted by Crippen LogP contribution is -2.32. The molecule has 0 aliphatic heterocycles. The average Bonchev–Trinajstić information content (AvgIpc) is 3.46. The largest absolute Gasteiger partial charge is 0.348 e. The van der Waals surface area contributed by atoms with Gasteiger partial charge in [0, 0.05) is 29.4 Å². The summed E-state index contributed by atoms with van der Waals surface area (Å²) in [4.78, 5) is 20.8. The van der Waals surface area contributed by atoms with Gasteiger partial charge in [0.15, 0.2) is 11.0 Å². The molecule has 7 nitrogen and oxygen atoms in total. The molecule has 0 aliphatic carbocycles. The number of nitrogens with zero attached hydrogens (tertiary/aromatic N) is 5. The van der Waals surface area contributed by atoms with Crippen molar-refractivity contribution in [2.75, 3.05) is 0 Å². The Labute approximate surface area is 193 Å². The quantitative estimate of drug-likeness (QED) is 0.376. The zero-order chi connectivity index (χ0) is 22.5. The van der Waals surface area contributed by atoms with Crippen molar-refractivity contribution in [1.29, 1.82) is 0 Å². The van der Waals surface area contributed by atoms with Crippen LogP contribution in [0.1, 0.15) is 35.8 Å². The second-order valence-corrected chi connectivity index (χ2v) is 8.91. The van der Waals surface area contributed by atoms with Crippen LogP contribution in [0.3, 0.4) is 0 Å². The number of nitrogens with one attached hydrogen (secondary N) is 1. The predicted molar refractivity (Wildman–Crippen MR) is 123 cm³/mol. The first-order chi connectivity index (χ1) is 15.6. The van der Waals surface area contributed by atoms with Gasteiger partial charge >= 0.3 is 0 Å². The molecule has 0 saturated carbocycles. The van der Waals surface area contributed by atoms with Gasteiger partial charge < -0.3 is 5.32 Å². The number of thiazole rings is 1. The molecular formula is C22H21FN6OS2. The Hall–Kier alpha value is -3.11. The molecule has 1 unspecified atom stereocenters. The summed E-state index contributed by atoms with van der Waals surface area (Å²) in [5, 5.41) is 14.6. The van der Waals surface area contributed by atoms with Gasteiger partial charge in [0.1, 0.15) is 16.5 Å². The second-order valence-electron chi connectivity index (χ2n) is 7.03. The number of hydrogen-bond acceptors (Lipinski definition) is 7. The number of amides is 1. The van der Waals surface area contributed by atoms with Gasteiger partial charge in [-0.15, -0.1) is 21.5 Å². The third-order valence-corrected chi connectivity index (χ3v) is 6.74. The molecular weight excluding hydrogens is 447 g/mol. The smallest absolute Gasteiger partial charge is 0.270 e. The van der Waals surface area contributed by atoms with Crippen LogP contribution in [0.15, 0.2) is 59.3 Å². The number of hydrogen-bond donors (Lipinski definition) is 1. The van der Waals surface area contributed by atoms with Crippen LogP contribution < -0.4 is 5.32 Å². The first-order valence-electron chi connectivity index (χ1n) is 10.1. The molecule has 3 heterocycles. The molecule has 1 amide bonds. The molecule has 3 aromatic heterocycles. The first-order valence-corrected chi connectivity index (χ1v) is 11.9. The van der Waals surface area contributed by atoms with E-state index in [0.717, 1.165) is 17.0 Å². The van der Waals surface area contributed by atoms with Crippen molar-refractivity contribution in [3.8, 4) is 17.1 Å². The van der Waals surface area contributed by atoms with Crippen LogP contribution in [0, 0.1) is 5.82 Å². The van der Waals surface area contributed by atoms with Crippen LogP contribution in [0.4, 0.5) is 4.39 Å². The first kappa shape index (κ1) is 22.1. The molecule has 0 radical (unpaired) electrons. The SMILES string of the molecule is CCC(C)NC(=O)c1csc(CSc2nnc(-c3ccncc3)n2-c2ccccc2F)n1. The van der Waals surface area contributed by atoms with Crippen molar-refractivity contribution >= 4 is 29.0 Å². The third-order valence-electron chi connectivity index (χ3n) is 4.76. The van der Waals surface area contributed by atoms with E-state index in [1.54, 1.807) is 52.7 Å². The summed E-state index contributed by atoms with van der Waals surface area (Å²) in [5.41, 5.74) is 1.54. The van der Waals surface area contributed by atoms with Crippen LogP contribution >= 0.6 is 23.1 Å². The van der Waals surface area contributed by atoms with E-state index in [2.05, 4.69) is 25.5 Å².